The van der Waals surface area contributed by atoms with Gasteiger partial charge in [0.25, 0.3) is 0 Å². The number of hydrogen-bond donors (Lipinski definition) is 1. The molecule has 0 aliphatic heterocycles. The molecular weight excluding hydrogens is 230 g/mol. The monoisotopic (exact) mass is 243 g/mol. The van der Waals surface area contributed by atoms with E-state index in [9.17, 15) is 0 Å². The molecule has 0 saturated heterocycles. The van der Waals surface area contributed by atoms with Crippen molar-refractivity contribution >= 4 is 22.3 Å². The van der Waals surface area contributed by atoms with Crippen LogP contribution in [0.4, 0.5) is 0 Å². The SMILES string of the molecule is Cc1cccc2cc(C(N)c3cccs3)oc12. The lowest BCUT2D eigenvalue weighted by Gasteiger charge is -2.04. The van der Waals surface area contributed by atoms with E-state index in [1.54, 1.807) is 11.3 Å². The lowest BCUT2D eigenvalue weighted by Crippen LogP contribution is -2.08. The molecule has 1 atom stereocenters. The number of hydrogen-bond acceptors (Lipinski definition) is 3. The van der Waals surface area contributed by atoms with Gasteiger partial charge in [-0.25, -0.2) is 0 Å². The number of furan rings is 1. The first kappa shape index (κ1) is 10.6. The molecule has 0 fully saturated rings. The second-order valence-electron chi connectivity index (χ2n) is 4.14. The molecule has 0 aliphatic rings. The quantitative estimate of drug-likeness (QED) is 0.742. The van der Waals surface area contributed by atoms with Crippen LogP contribution in [0.3, 0.4) is 0 Å². The number of fused-ring (bicyclic) bond motifs is 1. The minimum Gasteiger partial charge on any atom is -0.459 e. The van der Waals surface area contributed by atoms with Crippen LogP contribution < -0.4 is 5.73 Å². The summed E-state index contributed by atoms with van der Waals surface area (Å²) < 4.78 is 5.87. The number of aryl methyl sites for hydroxylation is 1. The first-order valence-electron chi connectivity index (χ1n) is 5.54. The summed E-state index contributed by atoms with van der Waals surface area (Å²) in [6.45, 7) is 2.05. The topological polar surface area (TPSA) is 39.2 Å². The second kappa shape index (κ2) is 4.02. The van der Waals surface area contributed by atoms with Gasteiger partial charge in [0, 0.05) is 10.3 Å². The fourth-order valence-corrected chi connectivity index (χ4v) is 2.72. The molecule has 1 unspecified atom stereocenters. The lowest BCUT2D eigenvalue weighted by molar-refractivity contribution is 0.526. The third-order valence-corrected chi connectivity index (χ3v) is 3.87. The first-order chi connectivity index (χ1) is 8.25. The molecule has 0 aliphatic carbocycles. The Hall–Kier alpha value is -1.58. The van der Waals surface area contributed by atoms with E-state index in [-0.39, 0.29) is 6.04 Å². The fraction of sp³-hybridized carbons (Fsp3) is 0.143. The summed E-state index contributed by atoms with van der Waals surface area (Å²) in [5.41, 5.74) is 8.28. The Morgan fingerprint density at radius 1 is 1.24 bits per heavy atom. The molecule has 0 saturated carbocycles. The number of benzene rings is 1. The van der Waals surface area contributed by atoms with Crippen LogP contribution in [-0.4, -0.2) is 0 Å². The Morgan fingerprint density at radius 3 is 2.82 bits per heavy atom. The maximum atomic E-state index is 6.19. The molecule has 2 heterocycles. The molecule has 3 rings (SSSR count). The van der Waals surface area contributed by atoms with Crippen LogP contribution in [0.1, 0.15) is 22.2 Å². The van der Waals surface area contributed by atoms with Gasteiger partial charge in [0.05, 0.1) is 6.04 Å². The average molecular weight is 243 g/mol. The normalized spacial score (nSPS) is 13.1. The smallest absolute Gasteiger partial charge is 0.137 e. The highest BCUT2D eigenvalue weighted by Crippen LogP contribution is 2.30. The van der Waals surface area contributed by atoms with Crippen molar-refractivity contribution in [2.75, 3.05) is 0 Å². The molecule has 17 heavy (non-hydrogen) atoms. The minimum atomic E-state index is -0.165. The summed E-state index contributed by atoms with van der Waals surface area (Å²) in [6, 6.07) is 12.0. The summed E-state index contributed by atoms with van der Waals surface area (Å²) in [4.78, 5) is 1.13. The third-order valence-electron chi connectivity index (χ3n) is 2.92. The van der Waals surface area contributed by atoms with Crippen molar-refractivity contribution in [3.05, 3.63) is 58.0 Å². The van der Waals surface area contributed by atoms with Crippen molar-refractivity contribution in [1.82, 2.24) is 0 Å². The number of nitrogens with two attached hydrogens (primary N) is 1. The molecule has 0 amide bonds. The van der Waals surface area contributed by atoms with Crippen LogP contribution >= 0.6 is 11.3 Å². The fourth-order valence-electron chi connectivity index (χ4n) is 1.99. The standard InChI is InChI=1S/C14H13NOS/c1-9-4-2-5-10-8-11(16-14(9)10)13(15)12-6-3-7-17-12/h2-8,13H,15H2,1H3. The zero-order valence-corrected chi connectivity index (χ0v) is 10.3. The lowest BCUT2D eigenvalue weighted by atomic mass is 10.1. The largest absolute Gasteiger partial charge is 0.459 e. The molecule has 0 spiro atoms. The maximum Gasteiger partial charge on any atom is 0.137 e. The number of thiophene rings is 1. The van der Waals surface area contributed by atoms with Crippen LogP contribution in [-0.2, 0) is 0 Å². The van der Waals surface area contributed by atoms with Crippen LogP contribution in [0.25, 0.3) is 11.0 Å². The van der Waals surface area contributed by atoms with Gasteiger partial charge in [-0.15, -0.1) is 11.3 Å². The summed E-state index contributed by atoms with van der Waals surface area (Å²) in [7, 11) is 0. The number of rotatable bonds is 2. The molecule has 3 heteroatoms. The second-order valence-corrected chi connectivity index (χ2v) is 5.11. The minimum absolute atomic E-state index is 0.165. The molecule has 0 radical (unpaired) electrons. The average Bonchev–Trinajstić information content (AvgIpc) is 2.98. The first-order valence-corrected chi connectivity index (χ1v) is 6.42. The van der Waals surface area contributed by atoms with Gasteiger partial charge in [0.2, 0.25) is 0 Å². The van der Waals surface area contributed by atoms with Gasteiger partial charge in [0.1, 0.15) is 11.3 Å². The molecule has 2 N–H and O–H groups in total. The Kier molecular flexibility index (Phi) is 2.50. The highest BCUT2D eigenvalue weighted by Gasteiger charge is 2.15. The van der Waals surface area contributed by atoms with E-state index in [0.29, 0.717) is 0 Å². The van der Waals surface area contributed by atoms with E-state index < -0.39 is 0 Å². The van der Waals surface area contributed by atoms with Crippen molar-refractivity contribution in [1.29, 1.82) is 0 Å². The molecule has 3 aromatic rings. The van der Waals surface area contributed by atoms with E-state index in [0.717, 1.165) is 27.2 Å². The van der Waals surface area contributed by atoms with Gasteiger partial charge < -0.3 is 10.2 Å². The maximum absolute atomic E-state index is 6.19. The number of para-hydroxylation sites is 1. The molecule has 86 valence electrons. The summed E-state index contributed by atoms with van der Waals surface area (Å²) in [6.07, 6.45) is 0. The Bertz CT molecular complexity index is 639. The van der Waals surface area contributed by atoms with Gasteiger partial charge in [0.15, 0.2) is 0 Å². The Morgan fingerprint density at radius 2 is 2.12 bits per heavy atom. The van der Waals surface area contributed by atoms with Gasteiger partial charge in [-0.2, -0.15) is 0 Å². The zero-order chi connectivity index (χ0) is 11.8. The Balaban J connectivity index is 2.10. The molecule has 2 nitrogen and oxygen atoms in total. The van der Waals surface area contributed by atoms with Crippen molar-refractivity contribution in [2.45, 2.75) is 13.0 Å². The molecule has 2 aromatic heterocycles. The van der Waals surface area contributed by atoms with Gasteiger partial charge in [-0.1, -0.05) is 24.3 Å². The van der Waals surface area contributed by atoms with Crippen molar-refractivity contribution in [3.8, 4) is 0 Å². The summed E-state index contributed by atoms with van der Waals surface area (Å²) in [5.74, 6) is 0.830. The van der Waals surface area contributed by atoms with E-state index in [1.165, 1.54) is 0 Å². The van der Waals surface area contributed by atoms with Crippen LogP contribution in [0.2, 0.25) is 0 Å². The predicted molar refractivity (Wildman–Crippen MR) is 71.3 cm³/mol. The van der Waals surface area contributed by atoms with Crippen LogP contribution in [0.15, 0.2) is 46.2 Å². The zero-order valence-electron chi connectivity index (χ0n) is 9.51. The molecule has 1 aromatic carbocycles. The molecule has 0 bridgehead atoms. The van der Waals surface area contributed by atoms with Gasteiger partial charge >= 0.3 is 0 Å². The summed E-state index contributed by atoms with van der Waals surface area (Å²) >= 11 is 1.65. The van der Waals surface area contributed by atoms with E-state index >= 15 is 0 Å². The van der Waals surface area contributed by atoms with E-state index in [1.807, 2.05) is 42.6 Å². The van der Waals surface area contributed by atoms with Crippen molar-refractivity contribution in [2.24, 2.45) is 5.73 Å². The third kappa shape index (κ3) is 1.77. The Labute approximate surface area is 104 Å². The van der Waals surface area contributed by atoms with Crippen molar-refractivity contribution in [3.63, 3.8) is 0 Å². The van der Waals surface area contributed by atoms with E-state index in [4.69, 9.17) is 10.2 Å². The summed E-state index contributed by atoms with van der Waals surface area (Å²) in [5, 5.41) is 3.15. The highest BCUT2D eigenvalue weighted by molar-refractivity contribution is 7.10. The van der Waals surface area contributed by atoms with E-state index in [2.05, 4.69) is 6.07 Å². The van der Waals surface area contributed by atoms with Crippen LogP contribution in [0, 0.1) is 6.92 Å². The van der Waals surface area contributed by atoms with Gasteiger partial charge in [-0.3, -0.25) is 0 Å². The van der Waals surface area contributed by atoms with Crippen LogP contribution in [0.5, 0.6) is 0 Å². The molecular formula is C14H13NOS. The van der Waals surface area contributed by atoms with Gasteiger partial charge in [-0.05, 0) is 30.0 Å². The highest BCUT2D eigenvalue weighted by atomic mass is 32.1. The van der Waals surface area contributed by atoms with Crippen molar-refractivity contribution < 1.29 is 4.42 Å². The predicted octanol–water partition coefficient (Wildman–Crippen LogP) is 3.85.